The van der Waals surface area contributed by atoms with Crippen LogP contribution in [0, 0.1) is 6.92 Å². The molecule has 1 aliphatic rings. The number of carbonyl (C=O) groups is 1. The van der Waals surface area contributed by atoms with Crippen LogP contribution in [0.15, 0.2) is 48.8 Å². The summed E-state index contributed by atoms with van der Waals surface area (Å²) in [4.78, 5) is 23.9. The summed E-state index contributed by atoms with van der Waals surface area (Å²) in [6.07, 6.45) is 6.99. The van der Waals surface area contributed by atoms with E-state index in [0.29, 0.717) is 12.1 Å². The predicted molar refractivity (Wildman–Crippen MR) is 108 cm³/mol. The zero-order valence-electron chi connectivity index (χ0n) is 16.0. The number of amides is 1. The predicted octanol–water partition coefficient (Wildman–Crippen LogP) is 2.89. The highest BCUT2D eigenvalue weighted by Crippen LogP contribution is 2.16. The van der Waals surface area contributed by atoms with Crippen LogP contribution < -0.4 is 10.2 Å². The lowest BCUT2D eigenvalue weighted by Crippen LogP contribution is -2.31. The molecule has 2 aromatic heterocycles. The molecular weight excluding hydrogens is 352 g/mol. The number of benzene rings is 1. The summed E-state index contributed by atoms with van der Waals surface area (Å²) in [6, 6.07) is 11.6. The van der Waals surface area contributed by atoms with E-state index in [9.17, 15) is 4.79 Å². The maximum Gasteiger partial charge on any atom is 0.255 e. The van der Waals surface area contributed by atoms with Crippen molar-refractivity contribution in [2.45, 2.75) is 32.7 Å². The number of rotatable bonds is 5. The first-order valence-electron chi connectivity index (χ1n) is 9.67. The fourth-order valence-corrected chi connectivity index (χ4v) is 3.46. The van der Waals surface area contributed by atoms with E-state index in [4.69, 9.17) is 0 Å². The minimum Gasteiger partial charge on any atom is -0.346 e. The number of piperidine rings is 1. The molecule has 144 valence electrons. The van der Waals surface area contributed by atoms with Gasteiger partial charge in [0, 0.05) is 19.3 Å². The molecule has 7 heteroatoms. The van der Waals surface area contributed by atoms with Crippen LogP contribution in [0.3, 0.4) is 0 Å². The molecule has 0 atom stereocenters. The van der Waals surface area contributed by atoms with E-state index < -0.39 is 0 Å². The second-order valence-electron chi connectivity index (χ2n) is 6.97. The van der Waals surface area contributed by atoms with Gasteiger partial charge in [-0.25, -0.2) is 14.6 Å². The average Bonchev–Trinajstić information content (AvgIpc) is 3.15. The topological polar surface area (TPSA) is 75.9 Å². The quantitative estimate of drug-likeness (QED) is 0.741. The third-order valence-corrected chi connectivity index (χ3v) is 5.02. The van der Waals surface area contributed by atoms with Gasteiger partial charge in [0.2, 0.25) is 5.95 Å². The molecule has 4 rings (SSSR count). The molecule has 1 aromatic carbocycles. The highest BCUT2D eigenvalue weighted by Gasteiger charge is 2.16. The lowest BCUT2D eigenvalue weighted by atomic mass is 10.1. The highest BCUT2D eigenvalue weighted by atomic mass is 16.1. The van der Waals surface area contributed by atoms with E-state index in [1.165, 1.54) is 19.3 Å². The molecular formula is C21H24N6O. The molecule has 1 saturated heterocycles. The first kappa shape index (κ1) is 18.2. The van der Waals surface area contributed by atoms with Crippen LogP contribution in [-0.4, -0.2) is 38.7 Å². The Kier molecular flexibility index (Phi) is 5.32. The van der Waals surface area contributed by atoms with Crippen LogP contribution >= 0.6 is 0 Å². The normalized spacial score (nSPS) is 14.1. The standard InChI is InChI=1S/C21H24N6O/c1-16-19(15-24-27(16)18-8-4-2-5-9-18)20(28)23-14-17-10-11-22-21(25-17)26-12-6-3-7-13-26/h2,4-5,8-11,15H,3,6-7,12-14H2,1H3,(H,23,28). The Morgan fingerprint density at radius 2 is 1.89 bits per heavy atom. The first-order valence-corrected chi connectivity index (χ1v) is 9.67. The number of nitrogens with zero attached hydrogens (tertiary/aromatic N) is 5. The van der Waals surface area contributed by atoms with Gasteiger partial charge < -0.3 is 10.2 Å². The van der Waals surface area contributed by atoms with Crippen molar-refractivity contribution in [1.29, 1.82) is 0 Å². The molecule has 0 unspecified atom stereocenters. The maximum atomic E-state index is 12.7. The van der Waals surface area contributed by atoms with Gasteiger partial charge in [-0.2, -0.15) is 5.10 Å². The monoisotopic (exact) mass is 376 g/mol. The van der Waals surface area contributed by atoms with Crippen molar-refractivity contribution in [3.8, 4) is 5.69 Å². The van der Waals surface area contributed by atoms with Crippen molar-refractivity contribution >= 4 is 11.9 Å². The summed E-state index contributed by atoms with van der Waals surface area (Å²) in [6.45, 7) is 4.24. The van der Waals surface area contributed by atoms with Gasteiger partial charge in [0.1, 0.15) is 0 Å². The Balaban J connectivity index is 1.43. The molecule has 0 aliphatic carbocycles. The summed E-state index contributed by atoms with van der Waals surface area (Å²) < 4.78 is 1.77. The third kappa shape index (κ3) is 3.88. The van der Waals surface area contributed by atoms with Crippen LogP contribution in [0.4, 0.5) is 5.95 Å². The second-order valence-corrected chi connectivity index (χ2v) is 6.97. The Morgan fingerprint density at radius 3 is 2.68 bits per heavy atom. The van der Waals surface area contributed by atoms with Crippen molar-refractivity contribution in [2.24, 2.45) is 0 Å². The number of carbonyl (C=O) groups excluding carboxylic acids is 1. The Bertz CT molecular complexity index is 947. The molecule has 0 bridgehead atoms. The number of hydrogen-bond donors (Lipinski definition) is 1. The number of aromatic nitrogens is 4. The number of anilines is 1. The number of hydrogen-bond acceptors (Lipinski definition) is 5. The minimum atomic E-state index is -0.155. The molecule has 1 aliphatic heterocycles. The summed E-state index contributed by atoms with van der Waals surface area (Å²) in [5.74, 6) is 0.595. The summed E-state index contributed by atoms with van der Waals surface area (Å²) in [7, 11) is 0. The van der Waals surface area contributed by atoms with Crippen LogP contribution in [0.1, 0.15) is 41.0 Å². The molecule has 0 saturated carbocycles. The van der Waals surface area contributed by atoms with Gasteiger partial charge in [-0.1, -0.05) is 18.2 Å². The van der Waals surface area contributed by atoms with E-state index in [1.807, 2.05) is 43.3 Å². The van der Waals surface area contributed by atoms with Crippen LogP contribution in [0.5, 0.6) is 0 Å². The second kappa shape index (κ2) is 8.21. The lowest BCUT2D eigenvalue weighted by molar-refractivity contribution is 0.0949. The van der Waals surface area contributed by atoms with Crippen molar-refractivity contribution in [3.63, 3.8) is 0 Å². The zero-order chi connectivity index (χ0) is 19.3. The summed E-state index contributed by atoms with van der Waals surface area (Å²) in [5, 5.41) is 7.31. The maximum absolute atomic E-state index is 12.7. The largest absolute Gasteiger partial charge is 0.346 e. The Morgan fingerprint density at radius 1 is 1.11 bits per heavy atom. The smallest absolute Gasteiger partial charge is 0.255 e. The van der Waals surface area contributed by atoms with E-state index in [0.717, 1.165) is 36.1 Å². The van der Waals surface area contributed by atoms with Gasteiger partial charge in [0.25, 0.3) is 5.91 Å². The molecule has 0 spiro atoms. The van der Waals surface area contributed by atoms with Crippen molar-refractivity contribution < 1.29 is 4.79 Å². The van der Waals surface area contributed by atoms with Crippen LogP contribution in [0.25, 0.3) is 5.69 Å². The van der Waals surface area contributed by atoms with Gasteiger partial charge in [0.15, 0.2) is 0 Å². The van der Waals surface area contributed by atoms with Crippen molar-refractivity contribution in [2.75, 3.05) is 18.0 Å². The Labute approximate surface area is 164 Å². The lowest BCUT2D eigenvalue weighted by Gasteiger charge is -2.26. The number of para-hydroxylation sites is 1. The molecule has 7 nitrogen and oxygen atoms in total. The van der Waals surface area contributed by atoms with Gasteiger partial charge in [-0.15, -0.1) is 0 Å². The van der Waals surface area contributed by atoms with E-state index in [1.54, 1.807) is 17.1 Å². The molecule has 3 heterocycles. The molecule has 1 N–H and O–H groups in total. The zero-order valence-corrected chi connectivity index (χ0v) is 16.0. The first-order chi connectivity index (χ1) is 13.7. The van der Waals surface area contributed by atoms with Crippen molar-refractivity contribution in [1.82, 2.24) is 25.1 Å². The number of nitrogens with one attached hydrogen (secondary N) is 1. The average molecular weight is 376 g/mol. The summed E-state index contributed by atoms with van der Waals surface area (Å²) >= 11 is 0. The third-order valence-electron chi connectivity index (χ3n) is 5.02. The van der Waals surface area contributed by atoms with Gasteiger partial charge in [-0.3, -0.25) is 4.79 Å². The SMILES string of the molecule is Cc1c(C(=O)NCc2ccnc(N3CCCCC3)n2)cnn1-c1ccccc1. The van der Waals surface area contributed by atoms with Crippen molar-refractivity contribution in [3.05, 3.63) is 65.7 Å². The van der Waals surface area contributed by atoms with E-state index >= 15 is 0 Å². The Hall–Kier alpha value is -3.22. The molecule has 0 radical (unpaired) electrons. The molecule has 3 aromatic rings. The fourth-order valence-electron chi connectivity index (χ4n) is 3.46. The molecule has 28 heavy (non-hydrogen) atoms. The van der Waals surface area contributed by atoms with Gasteiger partial charge in [-0.05, 0) is 44.4 Å². The van der Waals surface area contributed by atoms with E-state index in [2.05, 4.69) is 25.3 Å². The molecule has 1 fully saturated rings. The van der Waals surface area contributed by atoms with Crippen LogP contribution in [0.2, 0.25) is 0 Å². The summed E-state index contributed by atoms with van der Waals surface area (Å²) in [5.41, 5.74) is 3.10. The van der Waals surface area contributed by atoms with E-state index in [-0.39, 0.29) is 5.91 Å². The fraction of sp³-hybridized carbons (Fsp3) is 0.333. The van der Waals surface area contributed by atoms with Gasteiger partial charge in [0.05, 0.1) is 35.4 Å². The highest BCUT2D eigenvalue weighted by molar-refractivity contribution is 5.95. The van der Waals surface area contributed by atoms with Crippen LogP contribution in [-0.2, 0) is 6.54 Å². The minimum absolute atomic E-state index is 0.155. The molecule has 1 amide bonds. The van der Waals surface area contributed by atoms with Gasteiger partial charge >= 0.3 is 0 Å².